The highest BCUT2D eigenvalue weighted by molar-refractivity contribution is 5.11. The van der Waals surface area contributed by atoms with Crippen molar-refractivity contribution in [1.82, 2.24) is 15.1 Å². The van der Waals surface area contributed by atoms with E-state index < -0.39 is 0 Å². The number of aromatic nitrogens is 2. The van der Waals surface area contributed by atoms with Crippen molar-refractivity contribution in [3.63, 3.8) is 0 Å². The molecule has 0 aliphatic carbocycles. The van der Waals surface area contributed by atoms with Gasteiger partial charge in [-0.25, -0.2) is 0 Å². The summed E-state index contributed by atoms with van der Waals surface area (Å²) in [4.78, 5) is 0. The molecule has 0 radical (unpaired) electrons. The molecule has 1 aliphatic heterocycles. The molecule has 1 fully saturated rings. The van der Waals surface area contributed by atoms with Crippen LogP contribution in [0.25, 0.3) is 0 Å². The smallest absolute Gasteiger partial charge is 0.0624 e. The summed E-state index contributed by atoms with van der Waals surface area (Å²) in [7, 11) is 2.06. The molecular weight excluding hydrogens is 262 g/mol. The SMILES string of the molecule is CCCNC(CCC1CCCO1)Cc1cc(CC)nn1C. The Morgan fingerprint density at radius 3 is 2.95 bits per heavy atom. The molecule has 2 atom stereocenters. The van der Waals surface area contributed by atoms with Gasteiger partial charge in [-0.2, -0.15) is 5.10 Å². The molecule has 0 bridgehead atoms. The first-order valence-corrected chi connectivity index (χ1v) is 8.59. The quantitative estimate of drug-likeness (QED) is 0.761. The van der Waals surface area contributed by atoms with E-state index in [1.165, 1.54) is 43.5 Å². The molecule has 0 spiro atoms. The maximum atomic E-state index is 5.76. The Bertz CT molecular complexity index is 410. The van der Waals surface area contributed by atoms with Gasteiger partial charge in [-0.1, -0.05) is 13.8 Å². The first kappa shape index (κ1) is 16.5. The Kier molecular flexibility index (Phi) is 6.71. The molecule has 0 saturated carbocycles. The van der Waals surface area contributed by atoms with Gasteiger partial charge in [0.15, 0.2) is 0 Å². The fourth-order valence-corrected chi connectivity index (χ4v) is 3.07. The highest BCUT2D eigenvalue weighted by Crippen LogP contribution is 2.19. The van der Waals surface area contributed by atoms with E-state index in [9.17, 15) is 0 Å². The van der Waals surface area contributed by atoms with Crippen molar-refractivity contribution in [3.05, 3.63) is 17.5 Å². The molecule has 0 amide bonds. The lowest BCUT2D eigenvalue weighted by atomic mass is 10.0. The number of rotatable bonds is 9. The fourth-order valence-electron chi connectivity index (χ4n) is 3.07. The number of ether oxygens (including phenoxy) is 1. The van der Waals surface area contributed by atoms with Crippen molar-refractivity contribution in [1.29, 1.82) is 0 Å². The van der Waals surface area contributed by atoms with Crippen LogP contribution in [-0.2, 0) is 24.6 Å². The molecule has 1 saturated heterocycles. The third-order valence-electron chi connectivity index (χ3n) is 4.39. The minimum Gasteiger partial charge on any atom is -0.378 e. The summed E-state index contributed by atoms with van der Waals surface area (Å²) in [6.07, 6.45) is 8.60. The lowest BCUT2D eigenvalue weighted by Crippen LogP contribution is -2.33. The third-order valence-corrected chi connectivity index (χ3v) is 4.39. The van der Waals surface area contributed by atoms with E-state index in [4.69, 9.17) is 4.74 Å². The summed E-state index contributed by atoms with van der Waals surface area (Å²) in [5.41, 5.74) is 2.54. The third kappa shape index (κ3) is 5.11. The summed E-state index contributed by atoms with van der Waals surface area (Å²) in [5.74, 6) is 0. The Hall–Kier alpha value is -0.870. The van der Waals surface area contributed by atoms with Gasteiger partial charge in [0, 0.05) is 31.8 Å². The van der Waals surface area contributed by atoms with E-state index in [0.717, 1.165) is 26.0 Å². The van der Waals surface area contributed by atoms with Crippen LogP contribution in [0, 0.1) is 0 Å². The first-order chi connectivity index (χ1) is 10.2. The van der Waals surface area contributed by atoms with E-state index in [1.807, 2.05) is 4.68 Å². The Labute approximate surface area is 129 Å². The second-order valence-electron chi connectivity index (χ2n) is 6.17. The van der Waals surface area contributed by atoms with Crippen LogP contribution < -0.4 is 5.32 Å². The van der Waals surface area contributed by atoms with E-state index in [1.54, 1.807) is 0 Å². The molecule has 4 heteroatoms. The number of hydrogen-bond acceptors (Lipinski definition) is 3. The molecule has 1 N–H and O–H groups in total. The van der Waals surface area contributed by atoms with Crippen molar-refractivity contribution in [3.8, 4) is 0 Å². The second kappa shape index (κ2) is 8.54. The average Bonchev–Trinajstić information content (AvgIpc) is 3.12. The van der Waals surface area contributed by atoms with Gasteiger partial charge in [0.2, 0.25) is 0 Å². The number of nitrogens with one attached hydrogen (secondary N) is 1. The summed E-state index contributed by atoms with van der Waals surface area (Å²) < 4.78 is 7.81. The summed E-state index contributed by atoms with van der Waals surface area (Å²) in [5, 5.41) is 8.26. The summed E-state index contributed by atoms with van der Waals surface area (Å²) in [6.45, 7) is 6.44. The zero-order valence-corrected chi connectivity index (χ0v) is 13.9. The molecule has 1 aliphatic rings. The van der Waals surface area contributed by atoms with Crippen LogP contribution in [0.3, 0.4) is 0 Å². The van der Waals surface area contributed by atoms with E-state index in [2.05, 4.69) is 37.4 Å². The zero-order valence-electron chi connectivity index (χ0n) is 13.9. The predicted molar refractivity (Wildman–Crippen MR) is 86.6 cm³/mol. The monoisotopic (exact) mass is 293 g/mol. The van der Waals surface area contributed by atoms with Gasteiger partial charge >= 0.3 is 0 Å². The van der Waals surface area contributed by atoms with Crippen LogP contribution in [0.4, 0.5) is 0 Å². The predicted octanol–water partition coefficient (Wildman–Crippen LogP) is 2.85. The lowest BCUT2D eigenvalue weighted by Gasteiger charge is -2.20. The second-order valence-corrected chi connectivity index (χ2v) is 6.17. The molecule has 2 heterocycles. The maximum absolute atomic E-state index is 5.76. The lowest BCUT2D eigenvalue weighted by molar-refractivity contribution is 0.0995. The molecule has 1 aromatic rings. The molecule has 4 nitrogen and oxygen atoms in total. The number of aryl methyl sites for hydroxylation is 2. The molecule has 120 valence electrons. The van der Waals surface area contributed by atoms with Crippen LogP contribution >= 0.6 is 0 Å². The van der Waals surface area contributed by atoms with Crippen molar-refractivity contribution in [2.75, 3.05) is 13.2 Å². The van der Waals surface area contributed by atoms with Gasteiger partial charge in [-0.05, 0) is 51.1 Å². The Morgan fingerprint density at radius 1 is 1.48 bits per heavy atom. The molecule has 1 aromatic heterocycles. The van der Waals surface area contributed by atoms with Crippen LogP contribution in [0.15, 0.2) is 6.07 Å². The van der Waals surface area contributed by atoms with Crippen molar-refractivity contribution < 1.29 is 4.74 Å². The molecule has 2 rings (SSSR count). The maximum Gasteiger partial charge on any atom is 0.0624 e. The van der Waals surface area contributed by atoms with Gasteiger partial charge in [0.05, 0.1) is 11.8 Å². The van der Waals surface area contributed by atoms with Crippen LogP contribution in [0.2, 0.25) is 0 Å². The Morgan fingerprint density at radius 2 is 2.33 bits per heavy atom. The summed E-state index contributed by atoms with van der Waals surface area (Å²) >= 11 is 0. The minimum atomic E-state index is 0.494. The van der Waals surface area contributed by atoms with E-state index in [-0.39, 0.29) is 0 Å². The van der Waals surface area contributed by atoms with Crippen LogP contribution in [0.5, 0.6) is 0 Å². The topological polar surface area (TPSA) is 39.1 Å². The Balaban J connectivity index is 1.89. The standard InChI is InChI=1S/C17H31N3O/c1-4-10-18-15(8-9-17-7-6-11-21-17)13-16-12-14(5-2)19-20(16)3/h12,15,17-18H,4-11,13H2,1-3H3. The first-order valence-electron chi connectivity index (χ1n) is 8.59. The van der Waals surface area contributed by atoms with E-state index >= 15 is 0 Å². The van der Waals surface area contributed by atoms with Crippen molar-refractivity contribution in [2.45, 2.75) is 70.9 Å². The average molecular weight is 293 g/mol. The van der Waals surface area contributed by atoms with Crippen LogP contribution in [-0.4, -0.2) is 35.1 Å². The van der Waals surface area contributed by atoms with Gasteiger partial charge in [0.1, 0.15) is 0 Å². The molecule has 0 aromatic carbocycles. The molecule has 2 unspecified atom stereocenters. The zero-order chi connectivity index (χ0) is 15.1. The van der Waals surface area contributed by atoms with Gasteiger partial charge < -0.3 is 10.1 Å². The van der Waals surface area contributed by atoms with E-state index in [0.29, 0.717) is 12.1 Å². The largest absolute Gasteiger partial charge is 0.378 e. The van der Waals surface area contributed by atoms with Crippen molar-refractivity contribution >= 4 is 0 Å². The normalized spacial score (nSPS) is 20.0. The highest BCUT2D eigenvalue weighted by Gasteiger charge is 2.19. The summed E-state index contributed by atoms with van der Waals surface area (Å²) in [6, 6.07) is 2.79. The van der Waals surface area contributed by atoms with Crippen LogP contribution in [0.1, 0.15) is 57.3 Å². The number of hydrogen-bond donors (Lipinski definition) is 1. The molecule has 21 heavy (non-hydrogen) atoms. The van der Waals surface area contributed by atoms with Gasteiger partial charge in [-0.3, -0.25) is 4.68 Å². The fraction of sp³-hybridized carbons (Fsp3) is 0.824. The number of nitrogens with zero attached hydrogens (tertiary/aromatic N) is 2. The van der Waals surface area contributed by atoms with Crippen molar-refractivity contribution in [2.24, 2.45) is 7.05 Å². The van der Waals surface area contributed by atoms with Gasteiger partial charge in [0.25, 0.3) is 0 Å². The highest BCUT2D eigenvalue weighted by atomic mass is 16.5. The van der Waals surface area contributed by atoms with Gasteiger partial charge in [-0.15, -0.1) is 0 Å². The molecular formula is C17H31N3O. The minimum absolute atomic E-state index is 0.494.